The first-order chi connectivity index (χ1) is 11.4. The Hall–Kier alpha value is -1.32. The molecule has 1 aromatic carbocycles. The number of benzene rings is 1. The highest BCUT2D eigenvalue weighted by Crippen LogP contribution is 2.30. The van der Waals surface area contributed by atoms with E-state index in [9.17, 15) is 18.5 Å². The first-order valence-electron chi connectivity index (χ1n) is 7.90. The second-order valence-corrected chi connectivity index (χ2v) is 8.75. The van der Waals surface area contributed by atoms with Gasteiger partial charge < -0.3 is 5.32 Å². The number of anilines is 1. The van der Waals surface area contributed by atoms with Crippen LogP contribution < -0.4 is 5.32 Å². The number of nitrogens with zero attached hydrogens (tertiary/aromatic N) is 2. The largest absolute Gasteiger partial charge is 0.376 e. The van der Waals surface area contributed by atoms with Crippen LogP contribution in [0.4, 0.5) is 11.4 Å². The van der Waals surface area contributed by atoms with Crippen LogP contribution >= 0.6 is 11.8 Å². The Bertz CT molecular complexity index is 688. The average Bonchev–Trinajstić information content (AvgIpc) is 2.55. The maximum atomic E-state index is 12.7. The van der Waals surface area contributed by atoms with Crippen LogP contribution in [-0.2, 0) is 10.0 Å². The van der Waals surface area contributed by atoms with Gasteiger partial charge in [0.05, 0.1) is 9.82 Å². The Morgan fingerprint density at radius 3 is 2.58 bits per heavy atom. The van der Waals surface area contributed by atoms with Gasteiger partial charge in [-0.3, -0.25) is 10.1 Å². The maximum absolute atomic E-state index is 12.7. The van der Waals surface area contributed by atoms with E-state index in [4.69, 9.17) is 0 Å². The molecule has 0 radical (unpaired) electrons. The molecule has 1 N–H and O–H groups in total. The predicted octanol–water partition coefficient (Wildman–Crippen LogP) is 2.93. The smallest absolute Gasteiger partial charge is 0.293 e. The number of nitro groups is 1. The van der Waals surface area contributed by atoms with Crippen molar-refractivity contribution in [1.82, 2.24) is 4.31 Å². The van der Waals surface area contributed by atoms with Crippen LogP contribution in [0.5, 0.6) is 0 Å². The quantitative estimate of drug-likeness (QED) is 0.583. The van der Waals surface area contributed by atoms with Gasteiger partial charge in [-0.25, -0.2) is 8.42 Å². The average molecular weight is 374 g/mol. The molecular formula is C15H23N3O4S2. The van der Waals surface area contributed by atoms with Crippen molar-refractivity contribution in [3.8, 4) is 0 Å². The fraction of sp³-hybridized carbons (Fsp3) is 0.600. The van der Waals surface area contributed by atoms with Crippen molar-refractivity contribution >= 4 is 33.2 Å². The second-order valence-electron chi connectivity index (χ2n) is 5.90. The second kappa shape index (κ2) is 8.17. The Kier molecular flexibility index (Phi) is 6.47. The number of hydrogen-bond donors (Lipinski definition) is 1. The molecule has 0 spiro atoms. The summed E-state index contributed by atoms with van der Waals surface area (Å²) in [6.07, 6.45) is 4.63. The van der Waals surface area contributed by atoms with E-state index in [-0.39, 0.29) is 16.6 Å². The summed E-state index contributed by atoms with van der Waals surface area (Å²) in [6, 6.07) is 4.15. The fourth-order valence-corrected chi connectivity index (χ4v) is 4.88. The summed E-state index contributed by atoms with van der Waals surface area (Å²) in [5, 5.41) is 14.4. The lowest BCUT2D eigenvalue weighted by atomic mass is 10.2. The van der Waals surface area contributed by atoms with Gasteiger partial charge in [0.2, 0.25) is 10.0 Å². The van der Waals surface area contributed by atoms with Gasteiger partial charge >= 0.3 is 0 Å². The molecule has 0 saturated carbocycles. The zero-order valence-corrected chi connectivity index (χ0v) is 15.5. The standard InChI is InChI=1S/C15H23N3O4S2/c1-12(11-23-2)16-14-7-6-13(10-15(14)18(19)20)24(21,22)17-8-4-3-5-9-17/h6-7,10,12,16H,3-5,8-9,11H2,1-2H3. The van der Waals surface area contributed by atoms with E-state index in [0.717, 1.165) is 31.1 Å². The minimum Gasteiger partial charge on any atom is -0.376 e. The molecule has 1 aromatic rings. The molecular weight excluding hydrogens is 350 g/mol. The molecule has 134 valence electrons. The number of thioether (sulfide) groups is 1. The lowest BCUT2D eigenvalue weighted by Gasteiger charge is -2.26. The number of nitrogens with one attached hydrogen (secondary N) is 1. The molecule has 1 heterocycles. The molecule has 1 aliphatic rings. The number of piperidine rings is 1. The molecule has 24 heavy (non-hydrogen) atoms. The zero-order chi connectivity index (χ0) is 17.7. The maximum Gasteiger partial charge on any atom is 0.293 e. The molecule has 2 rings (SSSR count). The van der Waals surface area contributed by atoms with Gasteiger partial charge in [0.25, 0.3) is 5.69 Å². The van der Waals surface area contributed by atoms with Gasteiger partial charge in [0, 0.05) is 31.0 Å². The summed E-state index contributed by atoms with van der Waals surface area (Å²) in [5.74, 6) is 0.797. The van der Waals surface area contributed by atoms with Crippen LogP contribution in [0.3, 0.4) is 0 Å². The number of nitro benzene ring substituents is 1. The van der Waals surface area contributed by atoms with Crippen LogP contribution in [0, 0.1) is 10.1 Å². The number of rotatable bonds is 7. The van der Waals surface area contributed by atoms with E-state index in [1.165, 1.54) is 16.4 Å². The molecule has 0 aliphatic carbocycles. The first-order valence-corrected chi connectivity index (χ1v) is 10.7. The van der Waals surface area contributed by atoms with E-state index in [1.807, 2.05) is 13.2 Å². The highest BCUT2D eigenvalue weighted by Gasteiger charge is 2.28. The van der Waals surface area contributed by atoms with Crippen molar-refractivity contribution in [3.63, 3.8) is 0 Å². The molecule has 1 saturated heterocycles. The van der Waals surface area contributed by atoms with E-state index in [0.29, 0.717) is 18.8 Å². The highest BCUT2D eigenvalue weighted by molar-refractivity contribution is 7.98. The van der Waals surface area contributed by atoms with E-state index >= 15 is 0 Å². The molecule has 1 aliphatic heterocycles. The number of hydrogen-bond acceptors (Lipinski definition) is 6. The molecule has 9 heteroatoms. The van der Waals surface area contributed by atoms with Gasteiger partial charge in [-0.2, -0.15) is 16.1 Å². The van der Waals surface area contributed by atoms with Crippen LogP contribution in [0.25, 0.3) is 0 Å². The van der Waals surface area contributed by atoms with Crippen molar-refractivity contribution in [2.45, 2.75) is 37.1 Å². The van der Waals surface area contributed by atoms with Crippen LogP contribution in [0.15, 0.2) is 23.1 Å². The summed E-state index contributed by atoms with van der Waals surface area (Å²) in [5.41, 5.74) is 0.139. The van der Waals surface area contributed by atoms with Crippen molar-refractivity contribution in [2.24, 2.45) is 0 Å². The molecule has 0 amide bonds. The fourth-order valence-electron chi connectivity index (χ4n) is 2.76. The van der Waals surface area contributed by atoms with E-state index < -0.39 is 14.9 Å². The molecule has 7 nitrogen and oxygen atoms in total. The van der Waals surface area contributed by atoms with Crippen LogP contribution in [0.2, 0.25) is 0 Å². The van der Waals surface area contributed by atoms with Gasteiger partial charge in [-0.15, -0.1) is 0 Å². The summed E-state index contributed by atoms with van der Waals surface area (Å²) in [7, 11) is -3.68. The summed E-state index contributed by atoms with van der Waals surface area (Å²) in [4.78, 5) is 10.8. The lowest BCUT2D eigenvalue weighted by Crippen LogP contribution is -2.35. The Morgan fingerprint density at radius 1 is 1.33 bits per heavy atom. The van der Waals surface area contributed by atoms with Gasteiger partial charge in [0.15, 0.2) is 0 Å². The Balaban J connectivity index is 2.32. The van der Waals surface area contributed by atoms with Crippen molar-refractivity contribution < 1.29 is 13.3 Å². The minimum atomic E-state index is -3.68. The third-order valence-corrected chi connectivity index (χ3v) is 6.67. The van der Waals surface area contributed by atoms with Crippen molar-refractivity contribution in [2.75, 3.05) is 30.4 Å². The van der Waals surface area contributed by atoms with Gasteiger partial charge in [-0.05, 0) is 38.2 Å². The zero-order valence-electron chi connectivity index (χ0n) is 13.9. The van der Waals surface area contributed by atoms with E-state index in [1.54, 1.807) is 11.8 Å². The lowest BCUT2D eigenvalue weighted by molar-refractivity contribution is -0.384. The first kappa shape index (κ1) is 19.0. The third-order valence-electron chi connectivity index (χ3n) is 3.94. The predicted molar refractivity (Wildman–Crippen MR) is 97.2 cm³/mol. The van der Waals surface area contributed by atoms with Crippen LogP contribution in [-0.4, -0.2) is 48.8 Å². The Labute approximate surface area is 147 Å². The molecule has 1 fully saturated rings. The highest BCUT2D eigenvalue weighted by atomic mass is 32.2. The summed E-state index contributed by atoms with van der Waals surface area (Å²) >= 11 is 1.63. The molecule has 1 atom stereocenters. The summed E-state index contributed by atoms with van der Waals surface area (Å²) in [6.45, 7) is 2.88. The van der Waals surface area contributed by atoms with Crippen molar-refractivity contribution in [1.29, 1.82) is 0 Å². The third kappa shape index (κ3) is 4.40. The molecule has 0 aromatic heterocycles. The SMILES string of the molecule is CSCC(C)Nc1ccc(S(=O)(=O)N2CCCCC2)cc1[N+](=O)[O-]. The van der Waals surface area contributed by atoms with Crippen LogP contribution in [0.1, 0.15) is 26.2 Å². The van der Waals surface area contributed by atoms with Gasteiger partial charge in [0.1, 0.15) is 5.69 Å². The topological polar surface area (TPSA) is 92.6 Å². The summed E-state index contributed by atoms with van der Waals surface area (Å²) < 4.78 is 26.8. The van der Waals surface area contributed by atoms with E-state index in [2.05, 4.69) is 5.32 Å². The Morgan fingerprint density at radius 2 is 2.00 bits per heavy atom. The molecule has 0 bridgehead atoms. The monoisotopic (exact) mass is 373 g/mol. The normalized spacial score (nSPS) is 17.4. The van der Waals surface area contributed by atoms with Gasteiger partial charge in [-0.1, -0.05) is 6.42 Å². The molecule has 1 unspecified atom stereocenters. The van der Waals surface area contributed by atoms with Crippen molar-refractivity contribution in [3.05, 3.63) is 28.3 Å². The minimum absolute atomic E-state index is 0.0147. The number of sulfonamides is 1.